The first kappa shape index (κ1) is 20.5. The Kier molecular flexibility index (Phi) is 5.85. The number of carbonyl (C=O) groups excluding carboxylic acids is 1. The molecule has 0 radical (unpaired) electrons. The monoisotopic (exact) mass is 404 g/mol. The number of nitrogens with one attached hydrogen (secondary N) is 1. The van der Waals surface area contributed by atoms with Crippen molar-refractivity contribution in [1.29, 1.82) is 0 Å². The molecule has 0 spiro atoms. The lowest BCUT2D eigenvalue weighted by Gasteiger charge is -2.15. The van der Waals surface area contributed by atoms with Gasteiger partial charge in [0.15, 0.2) is 5.65 Å². The van der Waals surface area contributed by atoms with E-state index < -0.39 is 26.0 Å². The summed E-state index contributed by atoms with van der Waals surface area (Å²) in [4.78, 5) is 32.9. The third-order valence-corrected chi connectivity index (χ3v) is 6.47. The van der Waals surface area contributed by atoms with Crippen LogP contribution in [0.4, 0.5) is 0 Å². The number of nitrogens with zero attached hydrogens (tertiary/aromatic N) is 3. The van der Waals surface area contributed by atoms with Gasteiger partial charge in [0.05, 0.1) is 17.5 Å². The zero-order valence-electron chi connectivity index (χ0n) is 16.9. The summed E-state index contributed by atoms with van der Waals surface area (Å²) < 4.78 is 7.58. The van der Waals surface area contributed by atoms with E-state index in [2.05, 4.69) is 34.9 Å². The van der Waals surface area contributed by atoms with E-state index in [4.69, 9.17) is 9.84 Å². The molecule has 1 saturated carbocycles. The molecule has 1 aliphatic carbocycles. The number of carbonyl (C=O) groups is 2. The molecule has 0 aliphatic heterocycles. The smallest absolute Gasteiger partial charge is 0.325 e. The standard InChI is InChI=1S/C19H28N4O4Si/c1-12(19(25)26)21-18(24)14-10-23(11-27-7-8-28(2,3)4)17-16(14)22-15(9-20-17)13-5-6-13/h9-10,12-13H,5-8,11H2,1-4H3,(H,21,24)(H,25,26)/t12-/m0/s1. The van der Waals surface area contributed by atoms with Crippen molar-refractivity contribution in [3.8, 4) is 0 Å². The average molecular weight is 405 g/mol. The van der Waals surface area contributed by atoms with Gasteiger partial charge in [0, 0.05) is 26.8 Å². The predicted molar refractivity (Wildman–Crippen MR) is 108 cm³/mol. The van der Waals surface area contributed by atoms with Gasteiger partial charge in [-0.05, 0) is 25.8 Å². The average Bonchev–Trinajstić information content (AvgIpc) is 3.39. The summed E-state index contributed by atoms with van der Waals surface area (Å²) >= 11 is 0. The number of carboxylic acids is 1. The number of rotatable bonds is 9. The number of aliphatic carboxylic acids is 1. The van der Waals surface area contributed by atoms with E-state index >= 15 is 0 Å². The minimum Gasteiger partial charge on any atom is -0.480 e. The number of hydrogen-bond acceptors (Lipinski definition) is 5. The van der Waals surface area contributed by atoms with Gasteiger partial charge in [-0.1, -0.05) is 19.6 Å². The van der Waals surface area contributed by atoms with Crippen molar-refractivity contribution in [1.82, 2.24) is 19.9 Å². The zero-order valence-corrected chi connectivity index (χ0v) is 17.9. The van der Waals surface area contributed by atoms with Crippen LogP contribution in [0.15, 0.2) is 12.4 Å². The van der Waals surface area contributed by atoms with E-state index in [1.165, 1.54) is 6.92 Å². The number of amides is 1. The van der Waals surface area contributed by atoms with E-state index in [1.54, 1.807) is 17.0 Å². The van der Waals surface area contributed by atoms with Crippen molar-refractivity contribution in [2.45, 2.75) is 64.1 Å². The largest absolute Gasteiger partial charge is 0.480 e. The van der Waals surface area contributed by atoms with Gasteiger partial charge in [0.2, 0.25) is 0 Å². The van der Waals surface area contributed by atoms with Crippen molar-refractivity contribution in [3.63, 3.8) is 0 Å². The summed E-state index contributed by atoms with van der Waals surface area (Å²) in [6.45, 7) is 9.23. The first-order valence-electron chi connectivity index (χ1n) is 9.63. The van der Waals surface area contributed by atoms with Crippen molar-refractivity contribution >= 4 is 31.1 Å². The summed E-state index contributed by atoms with van der Waals surface area (Å²) in [5, 5.41) is 11.6. The van der Waals surface area contributed by atoms with Crippen LogP contribution in [0.5, 0.6) is 0 Å². The summed E-state index contributed by atoms with van der Waals surface area (Å²) in [6.07, 6.45) is 5.58. The highest BCUT2D eigenvalue weighted by Crippen LogP contribution is 2.39. The molecule has 28 heavy (non-hydrogen) atoms. The molecule has 2 N–H and O–H groups in total. The minimum absolute atomic E-state index is 0.278. The molecule has 0 unspecified atom stereocenters. The Morgan fingerprint density at radius 1 is 1.39 bits per heavy atom. The number of carboxylic acid groups (broad SMARTS) is 1. The first-order chi connectivity index (χ1) is 13.2. The molecule has 9 heteroatoms. The van der Waals surface area contributed by atoms with E-state index in [0.29, 0.717) is 29.3 Å². The summed E-state index contributed by atoms with van der Waals surface area (Å²) in [6, 6.07) is 0.0613. The SMILES string of the molecule is C[C@H](NC(=O)c1cn(COCC[Si](C)(C)C)c2ncc(C3CC3)nc12)C(=O)O. The molecule has 0 aromatic carbocycles. The van der Waals surface area contributed by atoms with Gasteiger partial charge in [-0.15, -0.1) is 0 Å². The maximum absolute atomic E-state index is 12.7. The van der Waals surface area contributed by atoms with Gasteiger partial charge in [-0.3, -0.25) is 9.59 Å². The Labute approximate surface area is 165 Å². The maximum Gasteiger partial charge on any atom is 0.325 e. The van der Waals surface area contributed by atoms with Crippen LogP contribution in [-0.2, 0) is 16.3 Å². The van der Waals surface area contributed by atoms with E-state index in [9.17, 15) is 9.59 Å². The molecule has 3 rings (SSSR count). The molecule has 0 bridgehead atoms. The molecule has 1 fully saturated rings. The third kappa shape index (κ3) is 4.96. The molecule has 2 aromatic rings. The molecule has 1 amide bonds. The molecule has 152 valence electrons. The topological polar surface area (TPSA) is 106 Å². The lowest BCUT2D eigenvalue weighted by molar-refractivity contribution is -0.138. The molecule has 2 aromatic heterocycles. The summed E-state index contributed by atoms with van der Waals surface area (Å²) in [7, 11) is -1.19. The van der Waals surface area contributed by atoms with Crippen molar-refractivity contribution in [3.05, 3.63) is 23.7 Å². The highest BCUT2D eigenvalue weighted by atomic mass is 28.3. The van der Waals surface area contributed by atoms with Crippen LogP contribution in [0.25, 0.3) is 11.2 Å². The van der Waals surface area contributed by atoms with Crippen molar-refractivity contribution < 1.29 is 19.4 Å². The van der Waals surface area contributed by atoms with Gasteiger partial charge < -0.3 is 19.7 Å². The fourth-order valence-electron chi connectivity index (χ4n) is 2.78. The number of aromatic nitrogens is 3. The molecule has 8 nitrogen and oxygen atoms in total. The number of hydrogen-bond donors (Lipinski definition) is 2. The molecule has 2 heterocycles. The van der Waals surface area contributed by atoms with Gasteiger partial charge in [-0.25, -0.2) is 9.97 Å². The molecular weight excluding hydrogens is 376 g/mol. The number of ether oxygens (including phenoxy) is 1. The van der Waals surface area contributed by atoms with Gasteiger partial charge in [-0.2, -0.15) is 0 Å². The van der Waals surface area contributed by atoms with Crippen molar-refractivity contribution in [2.75, 3.05) is 6.61 Å². The third-order valence-electron chi connectivity index (χ3n) is 4.77. The van der Waals surface area contributed by atoms with Crippen LogP contribution in [0.1, 0.15) is 41.7 Å². The van der Waals surface area contributed by atoms with Crippen LogP contribution < -0.4 is 5.32 Å². The molecule has 1 atom stereocenters. The molecule has 1 aliphatic rings. The Balaban J connectivity index is 1.85. The van der Waals surface area contributed by atoms with E-state index in [0.717, 1.165) is 24.6 Å². The summed E-state index contributed by atoms with van der Waals surface area (Å²) in [5.41, 5.74) is 2.27. The van der Waals surface area contributed by atoms with E-state index in [-0.39, 0.29) is 6.73 Å². The van der Waals surface area contributed by atoms with Crippen LogP contribution in [-0.4, -0.2) is 52.2 Å². The highest BCUT2D eigenvalue weighted by Gasteiger charge is 2.28. The van der Waals surface area contributed by atoms with Crippen LogP contribution in [0.3, 0.4) is 0 Å². The fraction of sp³-hybridized carbons (Fsp3) is 0.579. The maximum atomic E-state index is 12.7. The first-order valence-corrected chi connectivity index (χ1v) is 13.3. The second-order valence-corrected chi connectivity index (χ2v) is 14.3. The van der Waals surface area contributed by atoms with Gasteiger partial charge >= 0.3 is 5.97 Å². The van der Waals surface area contributed by atoms with Crippen LogP contribution in [0, 0.1) is 0 Å². The molecular formula is C19H28N4O4Si. The molecule has 0 saturated heterocycles. The lowest BCUT2D eigenvalue weighted by Crippen LogP contribution is -2.38. The summed E-state index contributed by atoms with van der Waals surface area (Å²) in [5.74, 6) is -1.15. The zero-order chi connectivity index (χ0) is 20.5. The van der Waals surface area contributed by atoms with Gasteiger partial charge in [0.25, 0.3) is 5.91 Å². The second kappa shape index (κ2) is 8.00. The van der Waals surface area contributed by atoms with Crippen LogP contribution >= 0.6 is 0 Å². The lowest BCUT2D eigenvalue weighted by atomic mass is 10.2. The fourth-order valence-corrected chi connectivity index (χ4v) is 3.54. The Morgan fingerprint density at radius 3 is 2.71 bits per heavy atom. The van der Waals surface area contributed by atoms with E-state index in [1.807, 2.05) is 0 Å². The number of fused-ring (bicyclic) bond motifs is 1. The second-order valence-electron chi connectivity index (χ2n) is 8.64. The Bertz CT molecular complexity index is 886. The normalized spacial score (nSPS) is 15.6. The minimum atomic E-state index is -1.19. The quantitative estimate of drug-likeness (QED) is 0.492. The Hall–Kier alpha value is -2.26. The highest BCUT2D eigenvalue weighted by molar-refractivity contribution is 6.76. The van der Waals surface area contributed by atoms with Crippen LogP contribution in [0.2, 0.25) is 25.7 Å². The Morgan fingerprint density at radius 2 is 2.11 bits per heavy atom. The van der Waals surface area contributed by atoms with Crippen molar-refractivity contribution in [2.24, 2.45) is 0 Å². The predicted octanol–water partition coefficient (Wildman–Crippen LogP) is 2.82. The van der Waals surface area contributed by atoms with Gasteiger partial charge in [0.1, 0.15) is 18.3 Å².